The normalized spacial score (nSPS) is 14.2. The van der Waals surface area contributed by atoms with Crippen LogP contribution in [0.5, 0.6) is 0 Å². The number of amides is 2. The van der Waals surface area contributed by atoms with Crippen molar-refractivity contribution in [2.75, 3.05) is 5.32 Å². The summed E-state index contributed by atoms with van der Waals surface area (Å²) in [4.78, 5) is 43.5. The standard InChI is InChI=1S/C20H24N4O3/c1-11-10-14(18(25)23-15-6-4-5-7-15)8-9-16(11)24-20(27)17-19(26)22-13(3)12(2)21-17/h8-10,15H,4-7H2,1-3H3,(H,22,26)(H,23,25)(H,24,27). The lowest BCUT2D eigenvalue weighted by molar-refractivity contribution is 0.0937. The molecule has 1 aromatic heterocycles. The van der Waals surface area contributed by atoms with Crippen molar-refractivity contribution in [2.45, 2.75) is 52.5 Å². The average Bonchev–Trinajstić information content (AvgIpc) is 3.12. The Labute approximate surface area is 157 Å². The largest absolute Gasteiger partial charge is 0.349 e. The van der Waals surface area contributed by atoms with Crippen LogP contribution >= 0.6 is 0 Å². The number of anilines is 1. The summed E-state index contributed by atoms with van der Waals surface area (Å²) in [7, 11) is 0. The average molecular weight is 368 g/mol. The Morgan fingerprint density at radius 1 is 1.11 bits per heavy atom. The first-order valence-corrected chi connectivity index (χ1v) is 9.15. The molecule has 2 aromatic rings. The molecule has 3 N–H and O–H groups in total. The molecule has 1 heterocycles. The predicted octanol–water partition coefficient (Wildman–Crippen LogP) is 2.62. The number of rotatable bonds is 4. The van der Waals surface area contributed by atoms with E-state index in [0.717, 1.165) is 31.2 Å². The Morgan fingerprint density at radius 2 is 1.81 bits per heavy atom. The van der Waals surface area contributed by atoms with Crippen LogP contribution in [0.25, 0.3) is 0 Å². The molecule has 7 nitrogen and oxygen atoms in total. The number of hydrogen-bond acceptors (Lipinski definition) is 4. The highest BCUT2D eigenvalue weighted by molar-refractivity contribution is 6.03. The van der Waals surface area contributed by atoms with Gasteiger partial charge in [-0.3, -0.25) is 14.4 Å². The van der Waals surface area contributed by atoms with Crippen LogP contribution in [0.15, 0.2) is 23.0 Å². The lowest BCUT2D eigenvalue weighted by Gasteiger charge is -2.14. The van der Waals surface area contributed by atoms with Gasteiger partial charge in [-0.25, -0.2) is 4.98 Å². The first-order chi connectivity index (χ1) is 12.8. The molecule has 27 heavy (non-hydrogen) atoms. The molecule has 142 valence electrons. The fraction of sp³-hybridized carbons (Fsp3) is 0.400. The zero-order valence-electron chi connectivity index (χ0n) is 15.8. The van der Waals surface area contributed by atoms with Crippen LogP contribution in [0.4, 0.5) is 5.69 Å². The number of hydrogen-bond donors (Lipinski definition) is 3. The Hall–Kier alpha value is -2.96. The summed E-state index contributed by atoms with van der Waals surface area (Å²) in [6.07, 6.45) is 4.36. The van der Waals surface area contributed by atoms with Gasteiger partial charge in [-0.15, -0.1) is 0 Å². The summed E-state index contributed by atoms with van der Waals surface area (Å²) in [5, 5.41) is 5.75. The zero-order chi connectivity index (χ0) is 19.6. The highest BCUT2D eigenvalue weighted by Gasteiger charge is 2.19. The molecule has 1 fully saturated rings. The molecule has 0 aliphatic heterocycles. The van der Waals surface area contributed by atoms with Crippen molar-refractivity contribution in [1.82, 2.24) is 15.3 Å². The maximum atomic E-state index is 12.4. The van der Waals surface area contributed by atoms with E-state index >= 15 is 0 Å². The molecule has 1 aromatic carbocycles. The molecule has 7 heteroatoms. The Bertz CT molecular complexity index is 943. The predicted molar refractivity (Wildman–Crippen MR) is 103 cm³/mol. The topological polar surface area (TPSA) is 104 Å². The molecule has 0 radical (unpaired) electrons. The van der Waals surface area contributed by atoms with Crippen molar-refractivity contribution in [1.29, 1.82) is 0 Å². The second-order valence-electron chi connectivity index (χ2n) is 7.06. The Kier molecular flexibility index (Phi) is 5.39. The zero-order valence-corrected chi connectivity index (χ0v) is 15.8. The van der Waals surface area contributed by atoms with Gasteiger partial charge in [0.15, 0.2) is 5.69 Å². The lowest BCUT2D eigenvalue weighted by Crippen LogP contribution is -2.32. The number of nitrogens with zero attached hydrogens (tertiary/aromatic N) is 1. The molecule has 3 rings (SSSR count). The van der Waals surface area contributed by atoms with Crippen LogP contribution in [0.2, 0.25) is 0 Å². The summed E-state index contributed by atoms with van der Waals surface area (Å²) in [6, 6.07) is 5.33. The third kappa shape index (κ3) is 4.24. The third-order valence-electron chi connectivity index (χ3n) is 4.98. The molecule has 0 saturated heterocycles. The van der Waals surface area contributed by atoms with Crippen molar-refractivity contribution in [3.63, 3.8) is 0 Å². The number of carbonyl (C=O) groups is 2. The van der Waals surface area contributed by atoms with E-state index in [-0.39, 0.29) is 17.6 Å². The maximum absolute atomic E-state index is 12.4. The number of carbonyl (C=O) groups excluding carboxylic acids is 2. The minimum atomic E-state index is -0.578. The van der Waals surface area contributed by atoms with Crippen LogP contribution in [0, 0.1) is 20.8 Å². The minimum Gasteiger partial charge on any atom is -0.349 e. The van der Waals surface area contributed by atoms with E-state index in [4.69, 9.17) is 0 Å². The number of aromatic nitrogens is 2. The van der Waals surface area contributed by atoms with Crippen molar-refractivity contribution in [3.8, 4) is 0 Å². The van der Waals surface area contributed by atoms with E-state index in [1.54, 1.807) is 39.0 Å². The van der Waals surface area contributed by atoms with Gasteiger partial charge in [0, 0.05) is 23.0 Å². The second-order valence-corrected chi connectivity index (χ2v) is 7.06. The van der Waals surface area contributed by atoms with Crippen molar-refractivity contribution < 1.29 is 9.59 Å². The summed E-state index contributed by atoms with van der Waals surface area (Å²) in [5.74, 6) is -0.680. The van der Waals surface area contributed by atoms with Gasteiger partial charge >= 0.3 is 0 Å². The second kappa shape index (κ2) is 7.73. The van der Waals surface area contributed by atoms with Crippen LogP contribution in [-0.4, -0.2) is 27.8 Å². The summed E-state index contributed by atoms with van der Waals surface area (Å²) in [5.41, 5.74) is 2.35. The van der Waals surface area contributed by atoms with E-state index in [1.807, 2.05) is 0 Å². The van der Waals surface area contributed by atoms with E-state index in [0.29, 0.717) is 22.6 Å². The van der Waals surface area contributed by atoms with Gasteiger partial charge in [0.05, 0.1) is 5.69 Å². The van der Waals surface area contributed by atoms with E-state index < -0.39 is 11.5 Å². The minimum absolute atomic E-state index is 0.102. The molecule has 1 aliphatic carbocycles. The summed E-state index contributed by atoms with van der Waals surface area (Å²) >= 11 is 0. The van der Waals surface area contributed by atoms with Gasteiger partial charge in [0.2, 0.25) is 0 Å². The van der Waals surface area contributed by atoms with Crippen LogP contribution in [0.1, 0.15) is 63.5 Å². The number of benzene rings is 1. The molecule has 1 saturated carbocycles. The molecule has 0 unspecified atom stereocenters. The highest BCUT2D eigenvalue weighted by atomic mass is 16.2. The Balaban J connectivity index is 1.74. The molecular formula is C20H24N4O3. The van der Waals surface area contributed by atoms with Gasteiger partial charge in [0.25, 0.3) is 17.4 Å². The van der Waals surface area contributed by atoms with Crippen molar-refractivity contribution in [2.24, 2.45) is 0 Å². The number of aryl methyl sites for hydroxylation is 3. The lowest BCUT2D eigenvalue weighted by atomic mass is 10.1. The van der Waals surface area contributed by atoms with Crippen molar-refractivity contribution >= 4 is 17.5 Å². The fourth-order valence-electron chi connectivity index (χ4n) is 3.24. The molecule has 0 spiro atoms. The van der Waals surface area contributed by atoms with Gasteiger partial charge in [0.1, 0.15) is 0 Å². The Morgan fingerprint density at radius 3 is 2.48 bits per heavy atom. The number of nitrogens with one attached hydrogen (secondary N) is 3. The van der Waals surface area contributed by atoms with E-state index in [9.17, 15) is 14.4 Å². The van der Waals surface area contributed by atoms with Crippen LogP contribution in [0.3, 0.4) is 0 Å². The SMILES string of the molecule is Cc1cc(C(=O)NC2CCCC2)ccc1NC(=O)c1nc(C)c(C)[nH]c1=O. The molecule has 0 bridgehead atoms. The van der Waals surface area contributed by atoms with Gasteiger partial charge < -0.3 is 15.6 Å². The highest BCUT2D eigenvalue weighted by Crippen LogP contribution is 2.20. The first kappa shape index (κ1) is 18.8. The fourth-order valence-corrected chi connectivity index (χ4v) is 3.24. The smallest absolute Gasteiger partial charge is 0.280 e. The maximum Gasteiger partial charge on any atom is 0.280 e. The quantitative estimate of drug-likeness (QED) is 0.771. The molecule has 0 atom stereocenters. The molecular weight excluding hydrogens is 344 g/mol. The van der Waals surface area contributed by atoms with Gasteiger partial charge in [-0.05, 0) is 57.4 Å². The van der Waals surface area contributed by atoms with Crippen LogP contribution < -0.4 is 16.2 Å². The van der Waals surface area contributed by atoms with Gasteiger partial charge in [-0.1, -0.05) is 12.8 Å². The monoisotopic (exact) mass is 368 g/mol. The molecule has 2 amide bonds. The first-order valence-electron chi connectivity index (χ1n) is 9.15. The third-order valence-corrected chi connectivity index (χ3v) is 4.98. The van der Waals surface area contributed by atoms with E-state index in [2.05, 4.69) is 20.6 Å². The van der Waals surface area contributed by atoms with E-state index in [1.165, 1.54) is 0 Å². The summed E-state index contributed by atoms with van der Waals surface area (Å²) < 4.78 is 0. The van der Waals surface area contributed by atoms with Crippen LogP contribution in [-0.2, 0) is 0 Å². The molecule has 1 aliphatic rings. The number of H-pyrrole nitrogens is 1. The summed E-state index contributed by atoms with van der Waals surface area (Å²) in [6.45, 7) is 5.26. The number of aromatic amines is 1. The van der Waals surface area contributed by atoms with Gasteiger partial charge in [-0.2, -0.15) is 0 Å². The van der Waals surface area contributed by atoms with Crippen molar-refractivity contribution in [3.05, 3.63) is 56.8 Å².